The highest BCUT2D eigenvalue weighted by Gasteiger charge is 2.22. The van der Waals surface area contributed by atoms with Crippen LogP contribution in [-0.2, 0) is 10.2 Å². The molecule has 3 nitrogen and oxygen atoms in total. The van der Waals surface area contributed by atoms with Crippen molar-refractivity contribution < 1.29 is 4.79 Å². The number of likely N-dealkylation sites (N-methyl/N-ethyl adjacent to an activating group) is 1. The lowest BCUT2D eigenvalue weighted by molar-refractivity contribution is -0.122. The van der Waals surface area contributed by atoms with Crippen LogP contribution in [-0.4, -0.2) is 19.0 Å². The second kappa shape index (κ2) is 7.08. The molecule has 0 unspecified atom stereocenters. The highest BCUT2D eigenvalue weighted by molar-refractivity contribution is 5.81. The van der Waals surface area contributed by atoms with E-state index in [2.05, 4.69) is 69.5 Å². The average Bonchev–Trinajstić information content (AvgIpc) is 2.42. The molecule has 0 heterocycles. The lowest BCUT2D eigenvalue weighted by atomic mass is 9.85. The number of hydrogen-bond donors (Lipinski definition) is 2. The molecule has 0 aliphatic carbocycles. The molecule has 0 aromatic heterocycles. The Labute approximate surface area is 129 Å². The van der Waals surface area contributed by atoms with Crippen molar-refractivity contribution in [1.82, 2.24) is 10.6 Å². The summed E-state index contributed by atoms with van der Waals surface area (Å²) in [6.45, 7) is 12.9. The molecule has 1 aromatic rings. The predicted octanol–water partition coefficient (Wildman–Crippen LogP) is 3.41. The van der Waals surface area contributed by atoms with Crippen LogP contribution in [0.2, 0.25) is 0 Å². The second-order valence-electron chi connectivity index (χ2n) is 7.10. The summed E-state index contributed by atoms with van der Waals surface area (Å²) in [7, 11) is 1.67. The van der Waals surface area contributed by atoms with Gasteiger partial charge < -0.3 is 5.32 Å². The molecule has 0 fully saturated rings. The summed E-state index contributed by atoms with van der Waals surface area (Å²) < 4.78 is 0. The van der Waals surface area contributed by atoms with Crippen LogP contribution >= 0.6 is 0 Å². The predicted molar refractivity (Wildman–Crippen MR) is 89.4 cm³/mol. The van der Waals surface area contributed by atoms with Crippen LogP contribution in [0.15, 0.2) is 24.3 Å². The highest BCUT2D eigenvalue weighted by atomic mass is 16.2. The Bertz CT molecular complexity index is 457. The maximum Gasteiger partial charge on any atom is 0.236 e. The van der Waals surface area contributed by atoms with E-state index in [1.54, 1.807) is 7.05 Å². The van der Waals surface area contributed by atoms with Crippen LogP contribution in [0.1, 0.15) is 58.7 Å². The molecule has 2 N–H and O–H groups in total. The molecule has 0 saturated carbocycles. The molecule has 118 valence electrons. The minimum absolute atomic E-state index is 0.0203. The molecule has 0 radical (unpaired) electrons. The van der Waals surface area contributed by atoms with Gasteiger partial charge in [-0.25, -0.2) is 0 Å². The zero-order valence-corrected chi connectivity index (χ0v) is 14.4. The largest absolute Gasteiger partial charge is 0.358 e. The van der Waals surface area contributed by atoms with Crippen LogP contribution in [0.4, 0.5) is 0 Å². The Morgan fingerprint density at radius 2 is 1.57 bits per heavy atom. The highest BCUT2D eigenvalue weighted by Crippen LogP contribution is 2.27. The lowest BCUT2D eigenvalue weighted by Crippen LogP contribution is -2.43. The van der Waals surface area contributed by atoms with Gasteiger partial charge in [-0.2, -0.15) is 0 Å². The number of carbonyl (C=O) groups excluding carboxylic acids is 1. The minimum atomic E-state index is -0.204. The topological polar surface area (TPSA) is 41.1 Å². The number of amides is 1. The van der Waals surface area contributed by atoms with Gasteiger partial charge in [-0.1, -0.05) is 58.9 Å². The fourth-order valence-electron chi connectivity index (χ4n) is 2.43. The zero-order valence-electron chi connectivity index (χ0n) is 14.4. The SMILES string of the molecule is CNC(=O)[C@@H](C)N[C@@H](c1ccc(C(C)(C)C)cc1)C(C)C. The molecule has 0 aliphatic rings. The van der Waals surface area contributed by atoms with E-state index >= 15 is 0 Å². The first-order valence-electron chi connectivity index (χ1n) is 7.75. The second-order valence-corrected chi connectivity index (χ2v) is 7.10. The maximum atomic E-state index is 11.7. The van der Waals surface area contributed by atoms with Gasteiger partial charge in [0.25, 0.3) is 0 Å². The number of nitrogens with one attached hydrogen (secondary N) is 2. The summed E-state index contributed by atoms with van der Waals surface area (Å²) in [5.41, 5.74) is 2.72. The van der Waals surface area contributed by atoms with Crippen molar-refractivity contribution in [3.63, 3.8) is 0 Å². The molecule has 1 aromatic carbocycles. The molecule has 21 heavy (non-hydrogen) atoms. The molecular formula is C18H30N2O. The molecule has 1 rings (SSSR count). The first kappa shape index (κ1) is 17.7. The molecular weight excluding hydrogens is 260 g/mol. The van der Waals surface area contributed by atoms with E-state index in [0.717, 1.165) is 0 Å². The maximum absolute atomic E-state index is 11.7. The van der Waals surface area contributed by atoms with Crippen molar-refractivity contribution in [3.05, 3.63) is 35.4 Å². The van der Waals surface area contributed by atoms with Gasteiger partial charge in [0.1, 0.15) is 0 Å². The molecule has 2 atom stereocenters. The number of rotatable bonds is 5. The van der Waals surface area contributed by atoms with Gasteiger partial charge in [0.05, 0.1) is 6.04 Å². The van der Waals surface area contributed by atoms with Crippen LogP contribution in [0.25, 0.3) is 0 Å². The minimum Gasteiger partial charge on any atom is -0.358 e. The van der Waals surface area contributed by atoms with Gasteiger partial charge in [0, 0.05) is 13.1 Å². The normalized spacial score (nSPS) is 14.9. The summed E-state index contributed by atoms with van der Waals surface area (Å²) in [6, 6.07) is 8.70. The van der Waals surface area contributed by atoms with Gasteiger partial charge in [0.15, 0.2) is 0 Å². The Balaban J connectivity index is 2.94. The number of carbonyl (C=O) groups is 1. The van der Waals surface area contributed by atoms with E-state index in [1.165, 1.54) is 11.1 Å². The zero-order chi connectivity index (χ0) is 16.2. The summed E-state index contributed by atoms with van der Waals surface area (Å²) in [5.74, 6) is 0.435. The first-order valence-corrected chi connectivity index (χ1v) is 7.75. The summed E-state index contributed by atoms with van der Waals surface area (Å²) in [4.78, 5) is 11.7. The van der Waals surface area contributed by atoms with E-state index in [9.17, 15) is 4.79 Å². The van der Waals surface area contributed by atoms with Crippen LogP contribution in [0.5, 0.6) is 0 Å². The van der Waals surface area contributed by atoms with Gasteiger partial charge >= 0.3 is 0 Å². The summed E-state index contributed by atoms with van der Waals surface area (Å²) >= 11 is 0. The van der Waals surface area contributed by atoms with Crippen molar-refractivity contribution in [3.8, 4) is 0 Å². The van der Waals surface area contributed by atoms with Gasteiger partial charge in [0.2, 0.25) is 5.91 Å². The van der Waals surface area contributed by atoms with Gasteiger partial charge in [-0.15, -0.1) is 0 Å². The van der Waals surface area contributed by atoms with E-state index in [1.807, 2.05) is 6.92 Å². The lowest BCUT2D eigenvalue weighted by Gasteiger charge is -2.27. The third kappa shape index (κ3) is 4.85. The molecule has 0 saturated heterocycles. The van der Waals surface area contributed by atoms with Crippen molar-refractivity contribution in [2.45, 2.75) is 59.0 Å². The Hall–Kier alpha value is -1.35. The molecule has 3 heteroatoms. The van der Waals surface area contributed by atoms with Crippen molar-refractivity contribution >= 4 is 5.91 Å². The molecule has 1 amide bonds. The van der Waals surface area contributed by atoms with Crippen molar-refractivity contribution in [2.24, 2.45) is 5.92 Å². The van der Waals surface area contributed by atoms with Gasteiger partial charge in [-0.3, -0.25) is 10.1 Å². The Morgan fingerprint density at radius 1 is 1.05 bits per heavy atom. The van der Waals surface area contributed by atoms with Crippen LogP contribution < -0.4 is 10.6 Å². The van der Waals surface area contributed by atoms with E-state index in [-0.39, 0.29) is 23.4 Å². The third-order valence-corrected chi connectivity index (χ3v) is 3.87. The van der Waals surface area contributed by atoms with Gasteiger partial charge in [-0.05, 0) is 29.4 Å². The quantitative estimate of drug-likeness (QED) is 0.872. The third-order valence-electron chi connectivity index (χ3n) is 3.87. The van der Waals surface area contributed by atoms with E-state index < -0.39 is 0 Å². The van der Waals surface area contributed by atoms with Crippen molar-refractivity contribution in [1.29, 1.82) is 0 Å². The Kier molecular flexibility index (Phi) is 5.97. The summed E-state index contributed by atoms with van der Waals surface area (Å²) in [6.07, 6.45) is 0. The number of hydrogen-bond acceptors (Lipinski definition) is 2. The van der Waals surface area contributed by atoms with Crippen molar-refractivity contribution in [2.75, 3.05) is 7.05 Å². The summed E-state index contributed by atoms with van der Waals surface area (Å²) in [5, 5.41) is 6.12. The average molecular weight is 290 g/mol. The molecule has 0 aliphatic heterocycles. The smallest absolute Gasteiger partial charge is 0.236 e. The van der Waals surface area contributed by atoms with E-state index in [4.69, 9.17) is 0 Å². The molecule has 0 spiro atoms. The van der Waals surface area contributed by atoms with E-state index in [0.29, 0.717) is 5.92 Å². The van der Waals surface area contributed by atoms with Crippen LogP contribution in [0.3, 0.4) is 0 Å². The molecule has 0 bridgehead atoms. The van der Waals surface area contributed by atoms with Crippen LogP contribution in [0, 0.1) is 5.92 Å². The fourth-order valence-corrected chi connectivity index (χ4v) is 2.43. The Morgan fingerprint density at radius 3 is 1.95 bits per heavy atom. The number of benzene rings is 1. The standard InChI is InChI=1S/C18H30N2O/c1-12(2)16(20-13(3)17(21)19-7)14-8-10-15(11-9-14)18(4,5)6/h8-13,16,20H,1-7H3,(H,19,21)/t13-,16-/m1/s1. The fraction of sp³-hybridized carbons (Fsp3) is 0.611. The monoisotopic (exact) mass is 290 g/mol. The first-order chi connectivity index (χ1) is 9.66.